The van der Waals surface area contributed by atoms with E-state index in [1.165, 1.54) is 12.4 Å². The lowest BCUT2D eigenvalue weighted by molar-refractivity contribution is 1.48. The van der Waals surface area contributed by atoms with Crippen LogP contribution in [-0.2, 0) is 0 Å². The molecule has 0 unspecified atom stereocenters. The Bertz CT molecular complexity index is 377. The molecule has 68 valence electrons. The fourth-order valence-electron chi connectivity index (χ4n) is 1.25. The first-order chi connectivity index (χ1) is 6.38. The van der Waals surface area contributed by atoms with Crippen molar-refractivity contribution in [3.63, 3.8) is 0 Å². The number of benzene rings is 2. The Labute approximate surface area is 78.2 Å². The summed E-state index contributed by atoms with van der Waals surface area (Å²) < 4.78 is 0. The van der Waals surface area contributed by atoms with Crippen molar-refractivity contribution >= 4 is 16.5 Å². The Hall–Kier alpha value is -1.54. The Morgan fingerprint density at radius 3 is 2.15 bits per heavy atom. The van der Waals surface area contributed by atoms with Crippen molar-refractivity contribution in [1.82, 2.24) is 0 Å². The van der Waals surface area contributed by atoms with Gasteiger partial charge in [0.25, 0.3) is 0 Å². The molecule has 0 aromatic heterocycles. The van der Waals surface area contributed by atoms with Gasteiger partial charge in [-0.05, 0) is 18.5 Å². The third kappa shape index (κ3) is 1.98. The molecule has 2 aromatic rings. The van der Waals surface area contributed by atoms with Gasteiger partial charge < -0.3 is 11.5 Å². The molecular formula is C11H14N2. The van der Waals surface area contributed by atoms with Crippen LogP contribution in [-0.4, -0.2) is 7.05 Å². The number of hydrogen-bond acceptors (Lipinski definition) is 2. The molecule has 2 nitrogen and oxygen atoms in total. The predicted octanol–water partition coefficient (Wildman–Crippen LogP) is 2.00. The highest BCUT2D eigenvalue weighted by molar-refractivity contribution is 5.92. The first kappa shape index (κ1) is 9.55. The molecule has 2 rings (SSSR count). The average Bonchev–Trinajstić information content (AvgIpc) is 2.22. The van der Waals surface area contributed by atoms with Crippen LogP contribution in [0.3, 0.4) is 0 Å². The van der Waals surface area contributed by atoms with E-state index < -0.39 is 0 Å². The summed E-state index contributed by atoms with van der Waals surface area (Å²) in [6.45, 7) is 0. The Kier molecular flexibility index (Phi) is 3.29. The van der Waals surface area contributed by atoms with Gasteiger partial charge >= 0.3 is 0 Å². The lowest BCUT2D eigenvalue weighted by atomic mass is 10.1. The Morgan fingerprint density at radius 2 is 1.46 bits per heavy atom. The summed E-state index contributed by atoms with van der Waals surface area (Å²) in [4.78, 5) is 0. The molecule has 0 saturated heterocycles. The summed E-state index contributed by atoms with van der Waals surface area (Å²) in [5.74, 6) is 0. The molecule has 0 spiro atoms. The van der Waals surface area contributed by atoms with E-state index in [1.807, 2.05) is 30.3 Å². The molecule has 0 fully saturated rings. The summed E-state index contributed by atoms with van der Waals surface area (Å²) in [7, 11) is 1.50. The van der Waals surface area contributed by atoms with Gasteiger partial charge in [0, 0.05) is 11.1 Å². The maximum Gasteiger partial charge on any atom is 0.0393 e. The van der Waals surface area contributed by atoms with Crippen LogP contribution in [0, 0.1) is 0 Å². The molecule has 0 aliphatic rings. The number of fused-ring (bicyclic) bond motifs is 1. The van der Waals surface area contributed by atoms with Gasteiger partial charge in [0.15, 0.2) is 0 Å². The summed E-state index contributed by atoms with van der Waals surface area (Å²) >= 11 is 0. The van der Waals surface area contributed by atoms with Gasteiger partial charge in [-0.15, -0.1) is 0 Å². The van der Waals surface area contributed by atoms with Gasteiger partial charge in [0.2, 0.25) is 0 Å². The highest BCUT2D eigenvalue weighted by Crippen LogP contribution is 2.19. The third-order valence-electron chi connectivity index (χ3n) is 1.82. The van der Waals surface area contributed by atoms with Crippen LogP contribution in [0.4, 0.5) is 5.69 Å². The van der Waals surface area contributed by atoms with Crippen LogP contribution in [0.5, 0.6) is 0 Å². The molecule has 0 bridgehead atoms. The van der Waals surface area contributed by atoms with Crippen molar-refractivity contribution in [1.29, 1.82) is 0 Å². The van der Waals surface area contributed by atoms with Crippen LogP contribution < -0.4 is 11.5 Å². The van der Waals surface area contributed by atoms with Crippen LogP contribution in [0.25, 0.3) is 10.8 Å². The number of nitrogen functional groups attached to an aromatic ring is 1. The van der Waals surface area contributed by atoms with Crippen LogP contribution in [0.2, 0.25) is 0 Å². The van der Waals surface area contributed by atoms with Gasteiger partial charge in [-0.3, -0.25) is 0 Å². The normalized spacial score (nSPS) is 9.08. The van der Waals surface area contributed by atoms with Crippen molar-refractivity contribution < 1.29 is 0 Å². The smallest absolute Gasteiger partial charge is 0.0393 e. The Balaban J connectivity index is 0.000000396. The third-order valence-corrected chi connectivity index (χ3v) is 1.82. The van der Waals surface area contributed by atoms with Crippen LogP contribution >= 0.6 is 0 Å². The van der Waals surface area contributed by atoms with E-state index in [9.17, 15) is 0 Å². The minimum absolute atomic E-state index is 0.850. The van der Waals surface area contributed by atoms with E-state index in [4.69, 9.17) is 5.73 Å². The lowest BCUT2D eigenvalue weighted by Gasteiger charge is -1.98. The van der Waals surface area contributed by atoms with E-state index in [0.717, 1.165) is 11.1 Å². The second-order valence-corrected chi connectivity index (χ2v) is 2.57. The molecule has 13 heavy (non-hydrogen) atoms. The van der Waals surface area contributed by atoms with Crippen LogP contribution in [0.15, 0.2) is 42.5 Å². The van der Waals surface area contributed by atoms with Gasteiger partial charge in [-0.2, -0.15) is 0 Å². The molecule has 4 N–H and O–H groups in total. The molecular weight excluding hydrogens is 160 g/mol. The van der Waals surface area contributed by atoms with Crippen molar-refractivity contribution in [2.75, 3.05) is 12.8 Å². The highest BCUT2D eigenvalue weighted by Gasteiger charge is 1.92. The molecule has 2 aromatic carbocycles. The molecule has 0 aliphatic carbocycles. The zero-order valence-corrected chi connectivity index (χ0v) is 7.70. The van der Waals surface area contributed by atoms with E-state index >= 15 is 0 Å². The zero-order valence-electron chi connectivity index (χ0n) is 7.70. The summed E-state index contributed by atoms with van der Waals surface area (Å²) in [6, 6.07) is 14.1. The van der Waals surface area contributed by atoms with Crippen molar-refractivity contribution in [3.8, 4) is 0 Å². The van der Waals surface area contributed by atoms with Gasteiger partial charge in [-0.1, -0.05) is 36.4 Å². The maximum absolute atomic E-state index is 5.76. The number of nitrogens with two attached hydrogens (primary N) is 2. The van der Waals surface area contributed by atoms with Crippen molar-refractivity contribution in [2.24, 2.45) is 5.73 Å². The predicted molar refractivity (Wildman–Crippen MR) is 58.5 cm³/mol. The maximum atomic E-state index is 5.76. The molecule has 0 atom stereocenters. The quantitative estimate of drug-likeness (QED) is 0.600. The van der Waals surface area contributed by atoms with E-state index in [0.29, 0.717) is 0 Å². The summed E-state index contributed by atoms with van der Waals surface area (Å²) in [5.41, 5.74) is 11.1. The second-order valence-electron chi connectivity index (χ2n) is 2.57. The van der Waals surface area contributed by atoms with Gasteiger partial charge in [-0.25, -0.2) is 0 Å². The number of hydrogen-bond donors (Lipinski definition) is 2. The standard InChI is InChI=1S/C10H9N.CH5N/c11-10-7-3-5-8-4-1-2-6-9(8)10;1-2/h1-7H,11H2;2H2,1H3. The topological polar surface area (TPSA) is 52.0 Å². The molecule has 0 aliphatic heterocycles. The molecule has 0 heterocycles. The second kappa shape index (κ2) is 4.48. The first-order valence-corrected chi connectivity index (χ1v) is 4.19. The van der Waals surface area contributed by atoms with E-state index in [1.54, 1.807) is 0 Å². The Morgan fingerprint density at radius 1 is 0.846 bits per heavy atom. The summed E-state index contributed by atoms with van der Waals surface area (Å²) in [6.07, 6.45) is 0. The first-order valence-electron chi connectivity index (χ1n) is 4.19. The monoisotopic (exact) mass is 174 g/mol. The molecule has 0 radical (unpaired) electrons. The van der Waals surface area contributed by atoms with Crippen LogP contribution in [0.1, 0.15) is 0 Å². The van der Waals surface area contributed by atoms with Crippen molar-refractivity contribution in [3.05, 3.63) is 42.5 Å². The van der Waals surface area contributed by atoms with Gasteiger partial charge in [0.05, 0.1) is 0 Å². The number of rotatable bonds is 0. The van der Waals surface area contributed by atoms with E-state index in [-0.39, 0.29) is 0 Å². The lowest BCUT2D eigenvalue weighted by Crippen LogP contribution is -1.84. The molecule has 0 saturated carbocycles. The largest absolute Gasteiger partial charge is 0.398 e. The van der Waals surface area contributed by atoms with Crippen molar-refractivity contribution in [2.45, 2.75) is 0 Å². The fourth-order valence-corrected chi connectivity index (χ4v) is 1.25. The van der Waals surface area contributed by atoms with Gasteiger partial charge in [0.1, 0.15) is 0 Å². The SMILES string of the molecule is CN.Nc1cccc2ccccc12. The highest BCUT2D eigenvalue weighted by atomic mass is 14.5. The average molecular weight is 174 g/mol. The number of anilines is 1. The fraction of sp³-hybridized carbons (Fsp3) is 0.0909. The minimum Gasteiger partial charge on any atom is -0.398 e. The zero-order chi connectivity index (χ0) is 9.68. The van der Waals surface area contributed by atoms with E-state index in [2.05, 4.69) is 17.9 Å². The molecule has 2 heteroatoms. The minimum atomic E-state index is 0.850. The molecule has 0 amide bonds. The summed E-state index contributed by atoms with van der Waals surface area (Å²) in [5, 5.41) is 2.34.